The van der Waals surface area contributed by atoms with Gasteiger partial charge in [0.1, 0.15) is 5.75 Å². The van der Waals surface area contributed by atoms with Crippen LogP contribution in [0.5, 0.6) is 5.75 Å². The van der Waals surface area contributed by atoms with Crippen molar-refractivity contribution in [1.82, 2.24) is 29.0 Å². The summed E-state index contributed by atoms with van der Waals surface area (Å²) in [6.07, 6.45) is 5.70. The Morgan fingerprint density at radius 2 is 2.06 bits per heavy atom. The third kappa shape index (κ3) is 4.35. The minimum absolute atomic E-state index is 0.124. The molecule has 0 bridgehead atoms. The maximum Gasteiger partial charge on any atom is 0.229 e. The molecule has 1 N–H and O–H groups in total. The second kappa shape index (κ2) is 8.79. The van der Waals surface area contributed by atoms with Crippen LogP contribution in [0.2, 0.25) is 0 Å². The molecule has 182 valence electrons. The Labute approximate surface area is 200 Å². The fraction of sp³-hybridized carbons (Fsp3) is 0.522. The topological polar surface area (TPSA) is 105 Å². The summed E-state index contributed by atoms with van der Waals surface area (Å²) >= 11 is 0. The van der Waals surface area contributed by atoms with Crippen molar-refractivity contribution in [3.63, 3.8) is 0 Å². The van der Waals surface area contributed by atoms with Gasteiger partial charge in [-0.2, -0.15) is 14.4 Å². The van der Waals surface area contributed by atoms with E-state index in [1.54, 1.807) is 17.6 Å². The summed E-state index contributed by atoms with van der Waals surface area (Å²) in [4.78, 5) is 11.6. The average molecular weight is 486 g/mol. The molecular formula is C23H31N7O3S. The molecule has 1 aromatic carbocycles. The SMILES string of the molecule is COc1cc2c(cc1Nc1ncc3c(C)nn(C[C@@H]4CCCN4S(C)(=O)=O)c3n1)CN(C)CC2. The number of fused-ring (bicyclic) bond motifs is 2. The van der Waals surface area contributed by atoms with Gasteiger partial charge in [0.25, 0.3) is 0 Å². The summed E-state index contributed by atoms with van der Waals surface area (Å²) in [7, 11) is 0.531. The largest absolute Gasteiger partial charge is 0.495 e. The molecular weight excluding hydrogens is 454 g/mol. The Bertz CT molecular complexity index is 1340. The molecule has 1 fully saturated rings. The van der Waals surface area contributed by atoms with Crippen LogP contribution < -0.4 is 10.1 Å². The molecule has 0 unspecified atom stereocenters. The van der Waals surface area contributed by atoms with Crippen LogP contribution in [-0.2, 0) is 29.5 Å². The molecule has 34 heavy (non-hydrogen) atoms. The number of hydrogen-bond donors (Lipinski definition) is 1. The van der Waals surface area contributed by atoms with E-state index in [2.05, 4.69) is 39.5 Å². The summed E-state index contributed by atoms with van der Waals surface area (Å²) in [6.45, 7) is 4.85. The molecule has 4 heterocycles. The van der Waals surface area contributed by atoms with E-state index in [1.807, 2.05) is 11.6 Å². The molecule has 1 atom stereocenters. The number of likely N-dealkylation sites (N-methyl/N-ethyl adjacent to an activating group) is 1. The molecule has 2 aliphatic rings. The van der Waals surface area contributed by atoms with Crippen LogP contribution in [0.1, 0.15) is 29.7 Å². The van der Waals surface area contributed by atoms with Crippen molar-refractivity contribution in [2.75, 3.05) is 38.8 Å². The molecule has 5 rings (SSSR count). The number of hydrogen-bond acceptors (Lipinski definition) is 8. The van der Waals surface area contributed by atoms with Gasteiger partial charge in [-0.05, 0) is 56.5 Å². The van der Waals surface area contributed by atoms with Gasteiger partial charge >= 0.3 is 0 Å². The Hall–Kier alpha value is -2.76. The lowest BCUT2D eigenvalue weighted by Gasteiger charge is -2.26. The van der Waals surface area contributed by atoms with Crippen LogP contribution >= 0.6 is 0 Å². The molecule has 11 heteroatoms. The fourth-order valence-corrected chi connectivity index (χ4v) is 6.21. The van der Waals surface area contributed by atoms with E-state index in [-0.39, 0.29) is 6.04 Å². The molecule has 0 saturated carbocycles. The second-order valence-corrected chi connectivity index (χ2v) is 11.2. The van der Waals surface area contributed by atoms with Crippen LogP contribution in [0, 0.1) is 6.92 Å². The Morgan fingerprint density at radius 1 is 1.24 bits per heavy atom. The lowest BCUT2D eigenvalue weighted by Crippen LogP contribution is -2.37. The highest BCUT2D eigenvalue weighted by Crippen LogP contribution is 2.33. The first-order valence-electron chi connectivity index (χ1n) is 11.6. The van der Waals surface area contributed by atoms with Crippen LogP contribution in [0.4, 0.5) is 11.6 Å². The van der Waals surface area contributed by atoms with Crippen molar-refractivity contribution < 1.29 is 13.2 Å². The Morgan fingerprint density at radius 3 is 2.82 bits per heavy atom. The highest BCUT2D eigenvalue weighted by molar-refractivity contribution is 7.88. The zero-order valence-corrected chi connectivity index (χ0v) is 20.9. The minimum Gasteiger partial charge on any atom is -0.495 e. The Kier molecular flexibility index (Phi) is 5.95. The van der Waals surface area contributed by atoms with Crippen molar-refractivity contribution in [1.29, 1.82) is 0 Å². The van der Waals surface area contributed by atoms with Gasteiger partial charge in [-0.3, -0.25) is 0 Å². The molecule has 0 aliphatic carbocycles. The van der Waals surface area contributed by atoms with E-state index in [0.29, 0.717) is 24.7 Å². The van der Waals surface area contributed by atoms with E-state index >= 15 is 0 Å². The predicted molar refractivity (Wildman–Crippen MR) is 131 cm³/mol. The maximum atomic E-state index is 12.2. The number of benzene rings is 1. The van der Waals surface area contributed by atoms with Gasteiger partial charge in [0.2, 0.25) is 16.0 Å². The van der Waals surface area contributed by atoms with Gasteiger partial charge in [0.05, 0.1) is 36.7 Å². The van der Waals surface area contributed by atoms with Crippen LogP contribution in [-0.4, -0.2) is 76.9 Å². The normalized spacial score (nSPS) is 19.5. The second-order valence-electron chi connectivity index (χ2n) is 9.30. The monoisotopic (exact) mass is 485 g/mol. The standard InChI is InChI=1S/C23H31N7O3S/c1-15-19-12-24-23(25-20-10-17-13-28(2)9-7-16(17)11-21(20)33-3)26-22(19)29(27-15)14-18-6-5-8-30(18)34(4,31)32/h10-12,18H,5-9,13-14H2,1-4H3,(H,24,25,26)/t18-/m0/s1. The van der Waals surface area contributed by atoms with Gasteiger partial charge in [-0.1, -0.05) is 0 Å². The molecule has 0 radical (unpaired) electrons. The molecule has 1 saturated heterocycles. The van der Waals surface area contributed by atoms with Crippen LogP contribution in [0.3, 0.4) is 0 Å². The molecule has 10 nitrogen and oxygen atoms in total. The fourth-order valence-electron chi connectivity index (χ4n) is 5.04. The molecule has 0 amide bonds. The molecule has 3 aromatic rings. The first kappa shape index (κ1) is 23.0. The third-order valence-corrected chi connectivity index (χ3v) is 8.11. The number of aromatic nitrogens is 4. The average Bonchev–Trinajstić information content (AvgIpc) is 3.38. The smallest absolute Gasteiger partial charge is 0.229 e. The number of nitrogens with zero attached hydrogens (tertiary/aromatic N) is 6. The Balaban J connectivity index is 1.46. The lowest BCUT2D eigenvalue weighted by atomic mass is 9.99. The minimum atomic E-state index is -3.26. The molecule has 2 aliphatic heterocycles. The van der Waals surface area contributed by atoms with Gasteiger partial charge in [-0.25, -0.2) is 18.1 Å². The number of ether oxygens (including phenoxy) is 1. The van der Waals surface area contributed by atoms with Crippen molar-refractivity contribution in [2.24, 2.45) is 0 Å². The number of nitrogens with one attached hydrogen (secondary N) is 1. The number of methoxy groups -OCH3 is 1. The lowest BCUT2D eigenvalue weighted by molar-refractivity contribution is 0.312. The zero-order chi connectivity index (χ0) is 24.0. The maximum absolute atomic E-state index is 12.2. The number of aryl methyl sites for hydroxylation is 1. The van der Waals surface area contributed by atoms with Crippen molar-refractivity contribution in [3.8, 4) is 5.75 Å². The summed E-state index contributed by atoms with van der Waals surface area (Å²) < 4.78 is 33.4. The number of rotatable bonds is 6. The summed E-state index contributed by atoms with van der Waals surface area (Å²) in [5.41, 5.74) is 4.89. The predicted octanol–water partition coefficient (Wildman–Crippen LogP) is 2.30. The van der Waals surface area contributed by atoms with Crippen LogP contribution in [0.15, 0.2) is 18.3 Å². The van der Waals surface area contributed by atoms with Gasteiger partial charge in [-0.15, -0.1) is 0 Å². The third-order valence-electron chi connectivity index (χ3n) is 6.78. The van der Waals surface area contributed by atoms with E-state index in [0.717, 1.165) is 54.9 Å². The number of anilines is 2. The van der Waals surface area contributed by atoms with Gasteiger partial charge in [0.15, 0.2) is 5.65 Å². The van der Waals surface area contributed by atoms with E-state index in [9.17, 15) is 8.42 Å². The van der Waals surface area contributed by atoms with E-state index in [1.165, 1.54) is 17.4 Å². The number of sulfonamides is 1. The van der Waals surface area contributed by atoms with Crippen molar-refractivity contribution >= 4 is 32.7 Å². The van der Waals surface area contributed by atoms with E-state index < -0.39 is 10.0 Å². The van der Waals surface area contributed by atoms with Crippen molar-refractivity contribution in [3.05, 3.63) is 35.2 Å². The zero-order valence-electron chi connectivity index (χ0n) is 20.1. The first-order valence-corrected chi connectivity index (χ1v) is 13.4. The summed E-state index contributed by atoms with van der Waals surface area (Å²) in [6, 6.07) is 4.08. The highest BCUT2D eigenvalue weighted by atomic mass is 32.2. The molecule has 2 aromatic heterocycles. The van der Waals surface area contributed by atoms with Crippen molar-refractivity contribution in [2.45, 2.75) is 45.3 Å². The van der Waals surface area contributed by atoms with Gasteiger partial charge < -0.3 is 15.0 Å². The van der Waals surface area contributed by atoms with Crippen LogP contribution in [0.25, 0.3) is 11.0 Å². The van der Waals surface area contributed by atoms with E-state index in [4.69, 9.17) is 9.72 Å². The first-order chi connectivity index (χ1) is 16.2. The highest BCUT2D eigenvalue weighted by Gasteiger charge is 2.32. The quantitative estimate of drug-likeness (QED) is 0.567. The molecule has 0 spiro atoms. The summed E-state index contributed by atoms with van der Waals surface area (Å²) in [5, 5.41) is 8.84. The summed E-state index contributed by atoms with van der Waals surface area (Å²) in [5.74, 6) is 1.20. The van der Waals surface area contributed by atoms with Gasteiger partial charge in [0, 0.05) is 31.9 Å².